The molecule has 0 bridgehead atoms. The summed E-state index contributed by atoms with van der Waals surface area (Å²) in [7, 11) is 1.12. The van der Waals surface area contributed by atoms with Gasteiger partial charge in [-0.25, -0.2) is 0 Å². The second-order valence-electron chi connectivity index (χ2n) is 9.14. The van der Waals surface area contributed by atoms with Crippen LogP contribution in [0.4, 0.5) is 0 Å². The van der Waals surface area contributed by atoms with E-state index in [0.29, 0.717) is 15.4 Å². The van der Waals surface area contributed by atoms with Crippen molar-refractivity contribution in [3.63, 3.8) is 0 Å². The third kappa shape index (κ3) is 2.57. The molecular formula is C26H14INO10. The number of allylic oxidation sites excluding steroid dienone is 2. The van der Waals surface area contributed by atoms with Gasteiger partial charge < -0.3 is 25.0 Å². The Hall–Kier alpha value is -4.33. The van der Waals surface area contributed by atoms with Crippen LogP contribution in [0.3, 0.4) is 0 Å². The van der Waals surface area contributed by atoms with Gasteiger partial charge in [0.2, 0.25) is 5.78 Å². The largest absolute Gasteiger partial charge is 0.507 e. The van der Waals surface area contributed by atoms with Crippen molar-refractivity contribution in [2.24, 2.45) is 0 Å². The lowest BCUT2D eigenvalue weighted by Gasteiger charge is -2.23. The fraction of sp³-hybridized carbons (Fsp3) is 0.154. The highest BCUT2D eigenvalue weighted by Crippen LogP contribution is 2.58. The molecule has 4 N–H and O–H groups in total. The summed E-state index contributed by atoms with van der Waals surface area (Å²) in [5.74, 6) is -6.84. The molecule has 1 unspecified atom stereocenters. The maximum absolute atomic E-state index is 14.0. The quantitative estimate of drug-likeness (QED) is 0.142. The van der Waals surface area contributed by atoms with Gasteiger partial charge in [0.05, 0.1) is 40.4 Å². The lowest BCUT2D eigenvalue weighted by molar-refractivity contribution is 0.0790. The molecule has 3 aliphatic rings. The second kappa shape index (κ2) is 7.60. The molecule has 2 aromatic carbocycles. The Morgan fingerprint density at radius 2 is 1.61 bits per heavy atom. The number of methoxy groups -OCH3 is 1. The van der Waals surface area contributed by atoms with Crippen molar-refractivity contribution in [2.75, 3.05) is 7.11 Å². The van der Waals surface area contributed by atoms with E-state index in [1.54, 1.807) is 0 Å². The number of benzene rings is 2. The molecule has 12 heteroatoms. The molecule has 38 heavy (non-hydrogen) atoms. The van der Waals surface area contributed by atoms with Crippen LogP contribution >= 0.6 is 22.6 Å². The van der Waals surface area contributed by atoms with Gasteiger partial charge in [-0.3, -0.25) is 28.8 Å². The van der Waals surface area contributed by atoms with Gasteiger partial charge in [0, 0.05) is 20.6 Å². The van der Waals surface area contributed by atoms with Gasteiger partial charge >= 0.3 is 0 Å². The number of ether oxygens (including phenoxy) is 1. The van der Waals surface area contributed by atoms with E-state index in [1.165, 1.54) is 6.07 Å². The van der Waals surface area contributed by atoms with Crippen molar-refractivity contribution in [1.29, 1.82) is 0 Å². The zero-order valence-corrected chi connectivity index (χ0v) is 21.4. The first-order valence-electron chi connectivity index (χ1n) is 11.1. The summed E-state index contributed by atoms with van der Waals surface area (Å²) < 4.78 is 5.32. The van der Waals surface area contributed by atoms with E-state index in [4.69, 9.17) is 4.74 Å². The molecule has 1 spiro atoms. The SMILES string of the molecule is COC1=CC(=O)c2c(O)c3c(c(O)c2C1=O)C(=O)C1(CCc2c1c(O)c1c(=O)[nH]c(C=O)cc1c2I)C3=O. The average molecular weight is 627 g/mol. The van der Waals surface area contributed by atoms with Crippen LogP contribution in [0.2, 0.25) is 0 Å². The summed E-state index contributed by atoms with van der Waals surface area (Å²) in [6.07, 6.45) is 1.15. The highest BCUT2D eigenvalue weighted by Gasteiger charge is 2.62. The number of aromatic hydroxyl groups is 3. The molecule has 11 nitrogen and oxygen atoms in total. The van der Waals surface area contributed by atoms with Crippen molar-refractivity contribution < 1.29 is 44.0 Å². The van der Waals surface area contributed by atoms with Crippen LogP contribution < -0.4 is 5.56 Å². The van der Waals surface area contributed by atoms with Crippen molar-refractivity contribution in [1.82, 2.24) is 4.98 Å². The fourth-order valence-corrected chi connectivity index (χ4v) is 6.83. The number of aromatic nitrogens is 1. The number of rotatable bonds is 2. The van der Waals surface area contributed by atoms with E-state index in [1.807, 2.05) is 22.6 Å². The van der Waals surface area contributed by atoms with Crippen molar-refractivity contribution in [2.45, 2.75) is 18.3 Å². The lowest BCUT2D eigenvalue weighted by atomic mass is 9.76. The van der Waals surface area contributed by atoms with Crippen LogP contribution in [-0.2, 0) is 16.6 Å². The highest BCUT2D eigenvalue weighted by molar-refractivity contribution is 14.1. The normalized spacial score (nSPS) is 19.6. The number of ketones is 4. The van der Waals surface area contributed by atoms with E-state index in [0.717, 1.165) is 13.2 Å². The van der Waals surface area contributed by atoms with Crippen LogP contribution in [0.15, 0.2) is 22.7 Å². The van der Waals surface area contributed by atoms with Crippen molar-refractivity contribution in [3.05, 3.63) is 70.9 Å². The first kappa shape index (κ1) is 24.0. The van der Waals surface area contributed by atoms with Crippen LogP contribution in [0.1, 0.15) is 69.5 Å². The molecule has 3 aliphatic carbocycles. The van der Waals surface area contributed by atoms with E-state index in [2.05, 4.69) is 4.98 Å². The topological polar surface area (TPSA) is 188 Å². The Kier molecular flexibility index (Phi) is 4.81. The average Bonchev–Trinajstić information content (AvgIpc) is 3.40. The number of halogens is 1. The summed E-state index contributed by atoms with van der Waals surface area (Å²) in [6.45, 7) is 0. The first-order valence-corrected chi connectivity index (χ1v) is 12.2. The Bertz CT molecular complexity index is 1860. The highest BCUT2D eigenvalue weighted by atomic mass is 127. The smallest absolute Gasteiger partial charge is 0.260 e. The molecule has 0 aliphatic heterocycles. The number of hydrogen-bond donors (Lipinski definition) is 4. The molecule has 0 radical (unpaired) electrons. The van der Waals surface area contributed by atoms with Crippen LogP contribution in [0.5, 0.6) is 17.2 Å². The summed E-state index contributed by atoms with van der Waals surface area (Å²) >= 11 is 1.90. The molecule has 6 rings (SSSR count). The third-order valence-electron chi connectivity index (χ3n) is 7.49. The first-order chi connectivity index (χ1) is 18.0. The van der Waals surface area contributed by atoms with Gasteiger partial charge in [-0.2, -0.15) is 0 Å². The Labute approximate surface area is 224 Å². The number of aromatic amines is 1. The molecule has 1 aromatic heterocycles. The number of aldehydes is 1. The molecule has 190 valence electrons. The van der Waals surface area contributed by atoms with E-state index >= 15 is 0 Å². The maximum Gasteiger partial charge on any atom is 0.260 e. The number of Topliss-reactive ketones (excluding diaryl/α,β-unsaturated/α-hetero) is 3. The van der Waals surface area contributed by atoms with Gasteiger partial charge in [-0.05, 0) is 47.1 Å². The second-order valence-corrected chi connectivity index (χ2v) is 10.2. The number of fused-ring (bicyclic) bond motifs is 5. The molecule has 1 atom stereocenters. The number of carbonyl (C=O) groups is 5. The zero-order chi connectivity index (χ0) is 27.4. The minimum Gasteiger partial charge on any atom is -0.507 e. The summed E-state index contributed by atoms with van der Waals surface area (Å²) in [5, 5.41) is 33.4. The summed E-state index contributed by atoms with van der Waals surface area (Å²) in [6, 6.07) is 1.37. The van der Waals surface area contributed by atoms with Gasteiger partial charge in [0.25, 0.3) is 5.56 Å². The minimum absolute atomic E-state index is 0.0355. The number of pyridine rings is 1. The van der Waals surface area contributed by atoms with Crippen LogP contribution in [0.25, 0.3) is 10.8 Å². The number of phenolic OH excluding ortho intramolecular Hbond substituents is 3. The minimum atomic E-state index is -2.13. The van der Waals surface area contributed by atoms with E-state index in [9.17, 15) is 44.1 Å². The Balaban J connectivity index is 1.68. The third-order valence-corrected chi connectivity index (χ3v) is 8.72. The molecule has 3 aromatic rings. The predicted octanol–water partition coefficient (Wildman–Crippen LogP) is 2.23. The van der Waals surface area contributed by atoms with Crippen molar-refractivity contribution >= 4 is 62.8 Å². The van der Waals surface area contributed by atoms with Crippen LogP contribution in [0, 0.1) is 3.57 Å². The number of hydrogen-bond acceptors (Lipinski definition) is 10. The molecule has 0 saturated heterocycles. The fourth-order valence-electron chi connectivity index (χ4n) is 5.87. The standard InChI is InChI=1S/C26H14INO10/c1-38-11-5-10(30)13-14(19(11)31)21(33)16-15(20(13)32)23(35)26(24(16)36)3-2-8-17(26)22(34)12-9(18(8)27)4-7(6-29)28-25(12)37/h4-6,32-34H,2-3H2,1H3,(H,28,37). The zero-order valence-electron chi connectivity index (χ0n) is 19.2. The summed E-state index contributed by atoms with van der Waals surface area (Å²) in [5.41, 5.74) is -5.37. The van der Waals surface area contributed by atoms with Crippen molar-refractivity contribution in [3.8, 4) is 17.2 Å². The summed E-state index contributed by atoms with van der Waals surface area (Å²) in [4.78, 5) is 80.0. The van der Waals surface area contributed by atoms with Crippen LogP contribution in [-0.4, -0.2) is 56.8 Å². The molecule has 0 amide bonds. The Morgan fingerprint density at radius 3 is 2.21 bits per heavy atom. The number of carbonyl (C=O) groups excluding carboxylic acids is 5. The molecule has 0 fully saturated rings. The lowest BCUT2D eigenvalue weighted by Crippen LogP contribution is -2.36. The molecule has 1 heterocycles. The van der Waals surface area contributed by atoms with Gasteiger partial charge in [0.1, 0.15) is 22.7 Å². The predicted molar refractivity (Wildman–Crippen MR) is 137 cm³/mol. The molecule has 0 saturated carbocycles. The number of nitrogens with one attached hydrogen (secondary N) is 1. The van der Waals surface area contributed by atoms with E-state index < -0.39 is 79.4 Å². The number of phenols is 3. The van der Waals surface area contributed by atoms with Gasteiger partial charge in [-0.1, -0.05) is 0 Å². The Morgan fingerprint density at radius 1 is 0.974 bits per heavy atom. The van der Waals surface area contributed by atoms with E-state index in [-0.39, 0.29) is 34.9 Å². The van der Waals surface area contributed by atoms with Gasteiger partial charge in [-0.15, -0.1) is 0 Å². The number of H-pyrrole nitrogens is 1. The monoisotopic (exact) mass is 627 g/mol. The molecular weight excluding hydrogens is 613 g/mol. The maximum atomic E-state index is 14.0. The van der Waals surface area contributed by atoms with Gasteiger partial charge in [0.15, 0.2) is 29.4 Å².